The van der Waals surface area contributed by atoms with Crippen LogP contribution in [0.15, 0.2) is 40.9 Å². The molecule has 1 aromatic heterocycles. The summed E-state index contributed by atoms with van der Waals surface area (Å²) in [7, 11) is 0. The van der Waals surface area contributed by atoms with Gasteiger partial charge in [0, 0.05) is 25.1 Å². The predicted octanol–water partition coefficient (Wildman–Crippen LogP) is 3.33. The van der Waals surface area contributed by atoms with Crippen molar-refractivity contribution in [3.05, 3.63) is 57.8 Å². The van der Waals surface area contributed by atoms with Crippen molar-refractivity contribution < 1.29 is 14.3 Å². The highest BCUT2D eigenvalue weighted by atomic mass is 79.9. The summed E-state index contributed by atoms with van der Waals surface area (Å²) in [5.74, 6) is 0.367. The van der Waals surface area contributed by atoms with Crippen LogP contribution in [-0.2, 0) is 0 Å². The van der Waals surface area contributed by atoms with Gasteiger partial charge in [-0.2, -0.15) is 0 Å². The molecule has 2 aliphatic heterocycles. The molecule has 6 nitrogen and oxygen atoms in total. The number of hydrogen-bond donors (Lipinski definition) is 1. The quantitative estimate of drug-likeness (QED) is 0.811. The fourth-order valence-electron chi connectivity index (χ4n) is 3.53. The first-order valence-electron chi connectivity index (χ1n) is 9.12. The minimum atomic E-state index is -0.288. The molecule has 1 saturated heterocycles. The zero-order valence-electron chi connectivity index (χ0n) is 14.8. The lowest BCUT2D eigenvalue weighted by molar-refractivity contribution is 0.0787. The van der Waals surface area contributed by atoms with Gasteiger partial charge in [-0.1, -0.05) is 18.2 Å². The summed E-state index contributed by atoms with van der Waals surface area (Å²) in [5, 5.41) is 3.03. The molecular formula is C20H20BrN3O3. The standard InChI is InChI=1S/C20H20BrN3O3/c21-14-6-3-5-13-15(9-12-27-18(13)14)23-19(25)16-7-4-8-17(22-16)20(26)24-10-1-2-11-24/h3-8,15H,1-2,9-12H2,(H,23,25)/t15-/m0/s1. The Kier molecular flexibility index (Phi) is 5.11. The summed E-state index contributed by atoms with van der Waals surface area (Å²) in [6.07, 6.45) is 2.72. The van der Waals surface area contributed by atoms with Gasteiger partial charge in [-0.05, 0) is 47.0 Å². The second-order valence-electron chi connectivity index (χ2n) is 6.73. The molecule has 4 rings (SSSR count). The average Bonchev–Trinajstić information content (AvgIpc) is 3.23. The van der Waals surface area contributed by atoms with Crippen LogP contribution in [-0.4, -0.2) is 41.4 Å². The molecule has 0 radical (unpaired) electrons. The van der Waals surface area contributed by atoms with Gasteiger partial charge in [0.05, 0.1) is 17.1 Å². The Hall–Kier alpha value is -2.41. The number of benzene rings is 1. The molecule has 1 atom stereocenters. The lowest BCUT2D eigenvalue weighted by atomic mass is 10.0. The molecule has 1 N–H and O–H groups in total. The summed E-state index contributed by atoms with van der Waals surface area (Å²) in [6.45, 7) is 2.04. The normalized spacial score (nSPS) is 18.6. The number of aromatic nitrogens is 1. The Morgan fingerprint density at radius 1 is 1.11 bits per heavy atom. The van der Waals surface area contributed by atoms with Gasteiger partial charge in [0.15, 0.2) is 0 Å². The second kappa shape index (κ2) is 7.68. The van der Waals surface area contributed by atoms with E-state index in [2.05, 4.69) is 26.2 Å². The molecule has 0 bridgehead atoms. The molecule has 140 valence electrons. The first kappa shape index (κ1) is 18.0. The number of para-hydroxylation sites is 1. The van der Waals surface area contributed by atoms with Crippen molar-refractivity contribution in [3.63, 3.8) is 0 Å². The molecule has 0 spiro atoms. The number of carbonyl (C=O) groups is 2. The molecule has 1 fully saturated rings. The maximum atomic E-state index is 12.8. The molecule has 2 amide bonds. The lowest BCUT2D eigenvalue weighted by Crippen LogP contribution is -2.33. The summed E-state index contributed by atoms with van der Waals surface area (Å²) in [4.78, 5) is 31.4. The van der Waals surface area contributed by atoms with Crippen molar-refractivity contribution in [1.82, 2.24) is 15.2 Å². The number of amides is 2. The number of nitrogens with zero attached hydrogens (tertiary/aromatic N) is 2. The molecular weight excluding hydrogens is 410 g/mol. The Balaban J connectivity index is 1.52. The van der Waals surface area contributed by atoms with Gasteiger partial charge in [-0.25, -0.2) is 4.98 Å². The number of fused-ring (bicyclic) bond motifs is 1. The van der Waals surface area contributed by atoms with Crippen LogP contribution in [0.1, 0.15) is 51.8 Å². The average molecular weight is 430 g/mol. The van der Waals surface area contributed by atoms with Crippen LogP contribution < -0.4 is 10.1 Å². The minimum absolute atomic E-state index is 0.109. The van der Waals surface area contributed by atoms with Gasteiger partial charge in [0.1, 0.15) is 17.1 Å². The van der Waals surface area contributed by atoms with E-state index in [1.54, 1.807) is 23.1 Å². The fraction of sp³-hybridized carbons (Fsp3) is 0.350. The van der Waals surface area contributed by atoms with E-state index in [4.69, 9.17) is 4.74 Å². The smallest absolute Gasteiger partial charge is 0.272 e. The van der Waals surface area contributed by atoms with E-state index in [0.29, 0.717) is 18.7 Å². The van der Waals surface area contributed by atoms with Crippen molar-refractivity contribution in [1.29, 1.82) is 0 Å². The van der Waals surface area contributed by atoms with Crippen molar-refractivity contribution in [2.75, 3.05) is 19.7 Å². The third-order valence-electron chi connectivity index (χ3n) is 4.93. The third kappa shape index (κ3) is 3.69. The number of nitrogens with one attached hydrogen (secondary N) is 1. The molecule has 2 aliphatic rings. The van der Waals surface area contributed by atoms with E-state index in [0.717, 1.165) is 41.7 Å². The number of pyridine rings is 1. The molecule has 27 heavy (non-hydrogen) atoms. The van der Waals surface area contributed by atoms with E-state index in [1.165, 1.54) is 0 Å². The maximum Gasteiger partial charge on any atom is 0.272 e. The molecule has 0 aliphatic carbocycles. The minimum Gasteiger partial charge on any atom is -0.492 e. The van der Waals surface area contributed by atoms with E-state index in [1.807, 2.05) is 18.2 Å². The molecule has 0 saturated carbocycles. The third-order valence-corrected chi connectivity index (χ3v) is 5.55. The first-order chi connectivity index (χ1) is 13.1. The van der Waals surface area contributed by atoms with E-state index < -0.39 is 0 Å². The van der Waals surface area contributed by atoms with Crippen molar-refractivity contribution in [2.24, 2.45) is 0 Å². The summed E-state index contributed by atoms with van der Waals surface area (Å²) >= 11 is 3.49. The van der Waals surface area contributed by atoms with Gasteiger partial charge in [0.2, 0.25) is 0 Å². The van der Waals surface area contributed by atoms with E-state index >= 15 is 0 Å². The second-order valence-corrected chi connectivity index (χ2v) is 7.58. The van der Waals surface area contributed by atoms with Gasteiger partial charge in [-0.3, -0.25) is 9.59 Å². The van der Waals surface area contributed by atoms with Crippen LogP contribution in [0.2, 0.25) is 0 Å². The SMILES string of the molecule is O=C(N[C@H]1CCOc2c(Br)cccc21)c1cccc(C(=O)N2CCCC2)n1. The summed E-state index contributed by atoms with van der Waals surface area (Å²) < 4.78 is 6.59. The summed E-state index contributed by atoms with van der Waals surface area (Å²) in [6, 6.07) is 10.6. The Bertz CT molecular complexity index is 881. The Morgan fingerprint density at radius 2 is 1.85 bits per heavy atom. The van der Waals surface area contributed by atoms with Crippen LogP contribution in [0.5, 0.6) is 5.75 Å². The first-order valence-corrected chi connectivity index (χ1v) is 9.91. The Labute approximate surface area is 166 Å². The molecule has 0 unspecified atom stereocenters. The van der Waals surface area contributed by atoms with E-state index in [-0.39, 0.29) is 23.6 Å². The van der Waals surface area contributed by atoms with Crippen LogP contribution >= 0.6 is 15.9 Å². The highest BCUT2D eigenvalue weighted by Crippen LogP contribution is 2.37. The zero-order valence-corrected chi connectivity index (χ0v) is 16.4. The molecule has 2 aromatic rings. The van der Waals surface area contributed by atoms with Gasteiger partial charge in [-0.15, -0.1) is 0 Å². The molecule has 3 heterocycles. The summed E-state index contributed by atoms with van der Waals surface area (Å²) in [5.41, 5.74) is 1.51. The largest absolute Gasteiger partial charge is 0.492 e. The topological polar surface area (TPSA) is 71.5 Å². The van der Waals surface area contributed by atoms with Gasteiger partial charge >= 0.3 is 0 Å². The maximum absolute atomic E-state index is 12.8. The van der Waals surface area contributed by atoms with Gasteiger partial charge in [0.25, 0.3) is 11.8 Å². The Morgan fingerprint density at radius 3 is 2.67 bits per heavy atom. The number of likely N-dealkylation sites (tertiary alicyclic amines) is 1. The highest BCUT2D eigenvalue weighted by Gasteiger charge is 2.26. The number of carbonyl (C=O) groups excluding carboxylic acids is 2. The highest BCUT2D eigenvalue weighted by molar-refractivity contribution is 9.10. The number of hydrogen-bond acceptors (Lipinski definition) is 4. The van der Waals surface area contributed by atoms with E-state index in [9.17, 15) is 9.59 Å². The fourth-order valence-corrected chi connectivity index (χ4v) is 4.03. The number of ether oxygens (including phenoxy) is 1. The lowest BCUT2D eigenvalue weighted by Gasteiger charge is -2.27. The van der Waals surface area contributed by atoms with Crippen molar-refractivity contribution in [2.45, 2.75) is 25.3 Å². The van der Waals surface area contributed by atoms with Crippen molar-refractivity contribution >= 4 is 27.7 Å². The number of halogens is 1. The zero-order chi connectivity index (χ0) is 18.8. The molecule has 1 aromatic carbocycles. The van der Waals surface area contributed by atoms with Crippen LogP contribution in [0, 0.1) is 0 Å². The predicted molar refractivity (Wildman–Crippen MR) is 104 cm³/mol. The number of rotatable bonds is 3. The van der Waals surface area contributed by atoms with Gasteiger partial charge < -0.3 is 15.0 Å². The van der Waals surface area contributed by atoms with Crippen LogP contribution in [0.4, 0.5) is 0 Å². The van der Waals surface area contributed by atoms with Crippen LogP contribution in [0.3, 0.4) is 0 Å². The monoisotopic (exact) mass is 429 g/mol. The van der Waals surface area contributed by atoms with Crippen molar-refractivity contribution in [3.8, 4) is 5.75 Å². The molecule has 7 heteroatoms. The van der Waals surface area contributed by atoms with Crippen LogP contribution in [0.25, 0.3) is 0 Å².